The summed E-state index contributed by atoms with van der Waals surface area (Å²) >= 11 is 0. The molecule has 3 rings (SSSR count). The molecule has 2 aromatic rings. The molecule has 0 heterocycles. The van der Waals surface area contributed by atoms with E-state index in [1.807, 2.05) is 38.1 Å². The minimum absolute atomic E-state index is 0.177. The first-order chi connectivity index (χ1) is 12.2. The quantitative estimate of drug-likeness (QED) is 0.751. The van der Waals surface area contributed by atoms with E-state index in [1.54, 1.807) is 0 Å². The fourth-order valence-electron chi connectivity index (χ4n) is 4.16. The van der Waals surface area contributed by atoms with Gasteiger partial charge in [-0.2, -0.15) is 0 Å². The molecule has 1 aliphatic carbocycles. The Labute approximate surface area is 154 Å². The van der Waals surface area contributed by atoms with Crippen LogP contribution in [0.2, 0.25) is 0 Å². The number of hydrogen-bond acceptors (Lipinski definition) is 2. The Morgan fingerprint density at radius 3 is 2.35 bits per heavy atom. The summed E-state index contributed by atoms with van der Waals surface area (Å²) in [5.74, 6) is -0.0138. The third-order valence-corrected chi connectivity index (χ3v) is 5.91. The van der Waals surface area contributed by atoms with E-state index in [2.05, 4.69) is 13.8 Å². The van der Waals surface area contributed by atoms with Crippen LogP contribution in [0, 0.1) is 25.1 Å². The first kappa shape index (κ1) is 18.4. The van der Waals surface area contributed by atoms with Crippen molar-refractivity contribution >= 4 is 17.0 Å². The predicted octanol–water partition coefficient (Wildman–Crippen LogP) is 5.41. The Morgan fingerprint density at radius 1 is 1.04 bits per heavy atom. The van der Waals surface area contributed by atoms with Gasteiger partial charge in [-0.05, 0) is 90.6 Å². The highest BCUT2D eigenvalue weighted by molar-refractivity contribution is 6.05. The number of nitrogen functional groups attached to an aromatic ring is 1. The van der Waals surface area contributed by atoms with Gasteiger partial charge in [0.2, 0.25) is 0 Å². The Bertz CT molecular complexity index is 895. The number of benzene rings is 2. The van der Waals surface area contributed by atoms with Crippen molar-refractivity contribution in [3.8, 4) is 0 Å². The van der Waals surface area contributed by atoms with Crippen LogP contribution in [0.5, 0.6) is 0 Å². The molecule has 0 aliphatic heterocycles. The Kier molecular flexibility index (Phi) is 4.74. The Balaban J connectivity index is 2.14. The van der Waals surface area contributed by atoms with Gasteiger partial charge < -0.3 is 5.73 Å². The van der Waals surface area contributed by atoms with Crippen molar-refractivity contribution < 1.29 is 9.18 Å². The molecule has 1 atom stereocenters. The summed E-state index contributed by atoms with van der Waals surface area (Å²) in [6.07, 6.45) is 2.12. The van der Waals surface area contributed by atoms with E-state index >= 15 is 0 Å². The van der Waals surface area contributed by atoms with Crippen molar-refractivity contribution in [3.63, 3.8) is 0 Å². The summed E-state index contributed by atoms with van der Waals surface area (Å²) in [5, 5.41) is 0. The third kappa shape index (κ3) is 3.18. The van der Waals surface area contributed by atoms with Crippen LogP contribution < -0.4 is 5.73 Å². The summed E-state index contributed by atoms with van der Waals surface area (Å²) in [7, 11) is 0. The molecule has 0 radical (unpaired) electrons. The van der Waals surface area contributed by atoms with Crippen molar-refractivity contribution in [2.24, 2.45) is 5.41 Å². The monoisotopic (exact) mass is 351 g/mol. The number of Topliss-reactive ketones (excluding diaryl/α,β-unsaturated/α-hetero) is 1. The van der Waals surface area contributed by atoms with Gasteiger partial charge in [0.25, 0.3) is 0 Å². The van der Waals surface area contributed by atoms with E-state index in [0.29, 0.717) is 6.42 Å². The molecule has 2 N–H and O–H groups in total. The number of ketones is 1. The number of carbonyl (C=O) groups is 1. The molecule has 136 valence electrons. The SMILES string of the molecule is CC1=C(c2ccc(N)c(C)c2C)C(C)(Cc2ccc(F)cc2)CCC1=O. The first-order valence-electron chi connectivity index (χ1n) is 9.08. The lowest BCUT2D eigenvalue weighted by molar-refractivity contribution is -0.116. The van der Waals surface area contributed by atoms with Crippen LogP contribution in [-0.2, 0) is 11.2 Å². The number of hydrogen-bond donors (Lipinski definition) is 1. The minimum atomic E-state index is -0.227. The maximum Gasteiger partial charge on any atom is 0.158 e. The molecule has 0 fully saturated rings. The molecule has 0 spiro atoms. The molecule has 1 aliphatic rings. The van der Waals surface area contributed by atoms with Crippen LogP contribution in [0.4, 0.5) is 10.1 Å². The third-order valence-electron chi connectivity index (χ3n) is 5.91. The molecule has 1 unspecified atom stereocenters. The number of anilines is 1. The fraction of sp³-hybridized carbons (Fsp3) is 0.348. The summed E-state index contributed by atoms with van der Waals surface area (Å²) in [4.78, 5) is 12.5. The summed E-state index contributed by atoms with van der Waals surface area (Å²) < 4.78 is 13.3. The van der Waals surface area contributed by atoms with E-state index < -0.39 is 0 Å². The topological polar surface area (TPSA) is 43.1 Å². The van der Waals surface area contributed by atoms with Crippen molar-refractivity contribution in [3.05, 3.63) is 70.0 Å². The number of carbonyl (C=O) groups excluding carboxylic acids is 1. The van der Waals surface area contributed by atoms with Gasteiger partial charge in [0, 0.05) is 12.1 Å². The van der Waals surface area contributed by atoms with Crippen LogP contribution in [0.15, 0.2) is 42.0 Å². The van der Waals surface area contributed by atoms with Gasteiger partial charge in [0.1, 0.15) is 5.82 Å². The number of rotatable bonds is 3. The highest BCUT2D eigenvalue weighted by atomic mass is 19.1. The molecule has 0 amide bonds. The van der Waals surface area contributed by atoms with Gasteiger partial charge >= 0.3 is 0 Å². The second-order valence-corrected chi connectivity index (χ2v) is 7.74. The van der Waals surface area contributed by atoms with Gasteiger partial charge in [-0.15, -0.1) is 0 Å². The first-order valence-corrected chi connectivity index (χ1v) is 9.08. The largest absolute Gasteiger partial charge is 0.399 e. The smallest absolute Gasteiger partial charge is 0.158 e. The molecular weight excluding hydrogens is 325 g/mol. The fourth-order valence-corrected chi connectivity index (χ4v) is 4.16. The molecule has 0 bridgehead atoms. The average molecular weight is 351 g/mol. The van der Waals surface area contributed by atoms with Crippen LogP contribution in [0.1, 0.15) is 48.9 Å². The lowest BCUT2D eigenvalue weighted by Crippen LogP contribution is -2.30. The number of nitrogens with two attached hydrogens (primary N) is 1. The molecule has 0 saturated heterocycles. The van der Waals surface area contributed by atoms with Crippen molar-refractivity contribution in [1.82, 2.24) is 0 Å². The zero-order chi connectivity index (χ0) is 19.1. The minimum Gasteiger partial charge on any atom is -0.399 e. The van der Waals surface area contributed by atoms with Crippen molar-refractivity contribution in [2.45, 2.75) is 47.0 Å². The molecule has 2 aromatic carbocycles. The molecular formula is C23H26FNO. The lowest BCUT2D eigenvalue weighted by Gasteiger charge is -2.38. The van der Waals surface area contributed by atoms with Crippen molar-refractivity contribution in [2.75, 3.05) is 5.73 Å². The Hall–Kier alpha value is -2.42. The van der Waals surface area contributed by atoms with Gasteiger partial charge in [-0.25, -0.2) is 4.39 Å². The lowest BCUT2D eigenvalue weighted by atomic mass is 9.65. The van der Waals surface area contributed by atoms with Gasteiger partial charge in [0.15, 0.2) is 5.78 Å². The summed E-state index contributed by atoms with van der Waals surface area (Å²) in [5.41, 5.74) is 13.0. The molecule has 2 nitrogen and oxygen atoms in total. The molecule has 0 aromatic heterocycles. The highest BCUT2D eigenvalue weighted by Gasteiger charge is 2.37. The number of halogens is 1. The second kappa shape index (κ2) is 6.71. The van der Waals surface area contributed by atoms with Crippen LogP contribution in [0.3, 0.4) is 0 Å². The zero-order valence-electron chi connectivity index (χ0n) is 15.9. The standard InChI is InChI=1S/C23H26FNO/c1-14-15(2)20(25)10-9-19(14)22-16(3)21(26)11-12-23(22,4)13-17-5-7-18(24)8-6-17/h5-10H,11-13,25H2,1-4H3. The van der Waals surface area contributed by atoms with Crippen LogP contribution in [-0.4, -0.2) is 5.78 Å². The number of allylic oxidation sites excluding steroid dienone is 2. The highest BCUT2D eigenvalue weighted by Crippen LogP contribution is 2.48. The van der Waals surface area contributed by atoms with E-state index in [9.17, 15) is 9.18 Å². The van der Waals surface area contributed by atoms with E-state index in [-0.39, 0.29) is 17.0 Å². The van der Waals surface area contributed by atoms with Crippen LogP contribution in [0.25, 0.3) is 5.57 Å². The molecule has 26 heavy (non-hydrogen) atoms. The summed E-state index contributed by atoms with van der Waals surface area (Å²) in [6.45, 7) is 8.24. The maximum absolute atomic E-state index is 13.3. The second-order valence-electron chi connectivity index (χ2n) is 7.74. The predicted molar refractivity (Wildman–Crippen MR) is 105 cm³/mol. The zero-order valence-corrected chi connectivity index (χ0v) is 15.9. The van der Waals surface area contributed by atoms with Gasteiger partial charge in [-0.1, -0.05) is 25.1 Å². The molecule has 3 heteroatoms. The molecule has 0 saturated carbocycles. The van der Waals surface area contributed by atoms with Gasteiger partial charge in [-0.3, -0.25) is 4.79 Å². The van der Waals surface area contributed by atoms with E-state index in [4.69, 9.17) is 5.73 Å². The van der Waals surface area contributed by atoms with Crippen molar-refractivity contribution in [1.29, 1.82) is 0 Å². The van der Waals surface area contributed by atoms with E-state index in [0.717, 1.165) is 51.9 Å². The average Bonchev–Trinajstić information content (AvgIpc) is 2.61. The summed E-state index contributed by atoms with van der Waals surface area (Å²) in [6, 6.07) is 10.6. The normalized spacial score (nSPS) is 20.6. The van der Waals surface area contributed by atoms with Crippen LogP contribution >= 0.6 is 0 Å². The maximum atomic E-state index is 13.3. The Morgan fingerprint density at radius 2 is 1.69 bits per heavy atom. The van der Waals surface area contributed by atoms with E-state index in [1.165, 1.54) is 12.1 Å². The van der Waals surface area contributed by atoms with Gasteiger partial charge in [0.05, 0.1) is 0 Å².